The highest BCUT2D eigenvalue weighted by molar-refractivity contribution is 5.86. The van der Waals surface area contributed by atoms with E-state index in [9.17, 15) is 4.79 Å². The lowest BCUT2D eigenvalue weighted by atomic mass is 10.1. The van der Waals surface area contributed by atoms with E-state index in [1.165, 1.54) is 0 Å². The van der Waals surface area contributed by atoms with Crippen molar-refractivity contribution in [3.05, 3.63) is 18.2 Å². The van der Waals surface area contributed by atoms with Gasteiger partial charge in [0.15, 0.2) is 0 Å². The van der Waals surface area contributed by atoms with E-state index in [1.807, 2.05) is 19.1 Å². The third-order valence-electron chi connectivity index (χ3n) is 4.05. The van der Waals surface area contributed by atoms with Gasteiger partial charge in [0.1, 0.15) is 17.5 Å². The molecule has 1 unspecified atom stereocenters. The first-order valence-electron chi connectivity index (χ1n) is 7.69. The minimum Gasteiger partial charge on any atom is -0.487 e. The van der Waals surface area contributed by atoms with Crippen LogP contribution in [0.3, 0.4) is 0 Å². The number of benzene rings is 1. The molecule has 1 aromatic rings. The molecule has 7 heteroatoms. The van der Waals surface area contributed by atoms with Crippen LogP contribution < -0.4 is 31.1 Å². The Bertz CT molecular complexity index is 545. The van der Waals surface area contributed by atoms with Crippen molar-refractivity contribution in [3.63, 3.8) is 0 Å². The van der Waals surface area contributed by atoms with Gasteiger partial charge in [-0.05, 0) is 19.1 Å². The van der Waals surface area contributed by atoms with Crippen LogP contribution in [0.25, 0.3) is 0 Å². The largest absolute Gasteiger partial charge is 0.487 e. The molecule has 4 N–H and O–H groups in total. The summed E-state index contributed by atoms with van der Waals surface area (Å²) in [5, 5.41) is 3.36. The van der Waals surface area contributed by atoms with E-state index in [0.717, 1.165) is 43.3 Å². The van der Waals surface area contributed by atoms with Gasteiger partial charge in [0.2, 0.25) is 0 Å². The molecule has 1 aromatic carbocycles. The van der Waals surface area contributed by atoms with E-state index in [2.05, 4.69) is 26.6 Å². The fourth-order valence-corrected chi connectivity index (χ4v) is 3.10. The third-order valence-corrected chi connectivity index (χ3v) is 4.05. The fourth-order valence-electron chi connectivity index (χ4n) is 3.10. The smallest absolute Gasteiger partial charge is 0.253 e. The lowest BCUT2D eigenvalue weighted by Crippen LogP contribution is -2.48. The highest BCUT2D eigenvalue weighted by Crippen LogP contribution is 2.41. The molecule has 0 aromatic heterocycles. The summed E-state index contributed by atoms with van der Waals surface area (Å²) < 4.78 is 5.96. The Labute approximate surface area is 130 Å². The lowest BCUT2D eigenvalue weighted by molar-refractivity contribution is -0.119. The Hall–Kier alpha value is -1.99. The molecule has 1 atom stereocenters. The highest BCUT2D eigenvalue weighted by atomic mass is 16.5. The van der Waals surface area contributed by atoms with Gasteiger partial charge >= 0.3 is 0 Å². The number of carbonyl (C=O) groups is 1. The van der Waals surface area contributed by atoms with Gasteiger partial charge in [-0.2, -0.15) is 0 Å². The van der Waals surface area contributed by atoms with Gasteiger partial charge in [-0.1, -0.05) is 6.07 Å². The van der Waals surface area contributed by atoms with Crippen LogP contribution in [0.2, 0.25) is 0 Å². The van der Waals surface area contributed by atoms with E-state index < -0.39 is 0 Å². The van der Waals surface area contributed by atoms with Crippen LogP contribution in [0, 0.1) is 0 Å². The number of carbonyl (C=O) groups excluding carboxylic acids is 1. The van der Waals surface area contributed by atoms with Crippen LogP contribution in [-0.4, -0.2) is 51.3 Å². The summed E-state index contributed by atoms with van der Waals surface area (Å²) in [5.74, 6) is 5.88. The number of para-hydroxylation sites is 1. The normalized spacial score (nSPS) is 21.1. The number of fused-ring (bicyclic) bond motifs is 1. The molecule has 0 saturated carbocycles. The fraction of sp³-hybridized carbons (Fsp3) is 0.533. The van der Waals surface area contributed by atoms with Crippen molar-refractivity contribution in [1.29, 1.82) is 0 Å². The standard InChI is InChI=1S/C15H23N5O2/c1-11-9-20(10-14(21)18-16)15-12(3-2-4-13(15)22-11)19-7-5-17-6-8-19/h2-4,11,17H,5-10,16H2,1H3,(H,18,21). The molecule has 0 aliphatic carbocycles. The van der Waals surface area contributed by atoms with Crippen LogP contribution in [0.1, 0.15) is 6.92 Å². The van der Waals surface area contributed by atoms with Crippen molar-refractivity contribution in [3.8, 4) is 5.75 Å². The van der Waals surface area contributed by atoms with Gasteiger partial charge in [0.25, 0.3) is 5.91 Å². The van der Waals surface area contributed by atoms with E-state index in [-0.39, 0.29) is 18.6 Å². The first-order chi connectivity index (χ1) is 10.7. The predicted octanol–water partition coefficient (Wildman–Crippen LogP) is -0.327. The van der Waals surface area contributed by atoms with Crippen LogP contribution >= 0.6 is 0 Å². The van der Waals surface area contributed by atoms with Gasteiger partial charge in [0.05, 0.1) is 18.8 Å². The van der Waals surface area contributed by atoms with Crippen molar-refractivity contribution in [2.75, 3.05) is 49.1 Å². The number of anilines is 2. The maximum Gasteiger partial charge on any atom is 0.253 e. The molecule has 2 aliphatic rings. The van der Waals surface area contributed by atoms with Gasteiger partial charge in [-0.25, -0.2) is 5.84 Å². The van der Waals surface area contributed by atoms with Crippen LogP contribution in [-0.2, 0) is 4.79 Å². The maximum atomic E-state index is 11.7. The van der Waals surface area contributed by atoms with Crippen molar-refractivity contribution < 1.29 is 9.53 Å². The molecule has 120 valence electrons. The number of nitrogens with one attached hydrogen (secondary N) is 2. The zero-order valence-corrected chi connectivity index (χ0v) is 12.8. The molecule has 0 radical (unpaired) electrons. The molecular weight excluding hydrogens is 282 g/mol. The molecule has 22 heavy (non-hydrogen) atoms. The molecule has 2 heterocycles. The van der Waals surface area contributed by atoms with E-state index in [4.69, 9.17) is 10.6 Å². The summed E-state index contributed by atoms with van der Waals surface area (Å²) >= 11 is 0. The maximum absolute atomic E-state index is 11.7. The molecule has 1 amide bonds. The van der Waals surface area contributed by atoms with Gasteiger partial charge < -0.3 is 19.9 Å². The van der Waals surface area contributed by atoms with Gasteiger partial charge in [-0.3, -0.25) is 10.2 Å². The Morgan fingerprint density at radius 1 is 1.45 bits per heavy atom. The summed E-state index contributed by atoms with van der Waals surface area (Å²) in [6, 6.07) is 6.07. The van der Waals surface area contributed by atoms with Crippen molar-refractivity contribution in [1.82, 2.24) is 10.7 Å². The monoisotopic (exact) mass is 305 g/mol. The third kappa shape index (κ3) is 2.95. The van der Waals surface area contributed by atoms with Crippen LogP contribution in [0.5, 0.6) is 5.75 Å². The molecule has 0 bridgehead atoms. The topological polar surface area (TPSA) is 82.9 Å². The number of hydrogen-bond donors (Lipinski definition) is 3. The summed E-state index contributed by atoms with van der Waals surface area (Å²) in [4.78, 5) is 16.1. The van der Waals surface area contributed by atoms with Crippen molar-refractivity contribution in [2.45, 2.75) is 13.0 Å². The first-order valence-corrected chi connectivity index (χ1v) is 7.69. The summed E-state index contributed by atoms with van der Waals surface area (Å²) in [6.45, 7) is 6.73. The van der Waals surface area contributed by atoms with Gasteiger partial charge in [0, 0.05) is 26.2 Å². The lowest BCUT2D eigenvalue weighted by Gasteiger charge is -2.39. The van der Waals surface area contributed by atoms with Crippen molar-refractivity contribution in [2.24, 2.45) is 5.84 Å². The Morgan fingerprint density at radius 3 is 2.95 bits per heavy atom. The van der Waals surface area contributed by atoms with Crippen molar-refractivity contribution >= 4 is 17.3 Å². The summed E-state index contributed by atoms with van der Waals surface area (Å²) in [6.07, 6.45) is 0.0383. The SMILES string of the molecule is CC1CN(CC(=O)NN)c2c(cccc2N2CCNCC2)O1. The zero-order chi connectivity index (χ0) is 15.5. The second kappa shape index (κ2) is 6.41. The van der Waals surface area contributed by atoms with E-state index >= 15 is 0 Å². The summed E-state index contributed by atoms with van der Waals surface area (Å²) in [5.41, 5.74) is 4.32. The number of nitrogens with two attached hydrogens (primary N) is 1. The van der Waals surface area contributed by atoms with Crippen LogP contribution in [0.4, 0.5) is 11.4 Å². The number of hydrazine groups is 1. The molecule has 0 spiro atoms. The second-order valence-electron chi connectivity index (χ2n) is 5.74. The minimum absolute atomic E-state index is 0.0383. The molecule has 3 rings (SSSR count). The molecule has 2 aliphatic heterocycles. The quantitative estimate of drug-likeness (QED) is 0.403. The predicted molar refractivity (Wildman–Crippen MR) is 86.2 cm³/mol. The second-order valence-corrected chi connectivity index (χ2v) is 5.74. The number of hydrogen-bond acceptors (Lipinski definition) is 6. The van der Waals surface area contributed by atoms with Gasteiger partial charge in [-0.15, -0.1) is 0 Å². The number of ether oxygens (including phenoxy) is 1. The first kappa shape index (κ1) is 14.9. The number of amides is 1. The Kier molecular flexibility index (Phi) is 4.35. The number of rotatable bonds is 3. The highest BCUT2D eigenvalue weighted by Gasteiger charge is 2.29. The average molecular weight is 305 g/mol. The van der Waals surface area contributed by atoms with E-state index in [0.29, 0.717) is 6.54 Å². The Balaban J connectivity index is 1.95. The minimum atomic E-state index is -0.199. The molecule has 1 saturated heterocycles. The number of piperazine rings is 1. The molecule has 7 nitrogen and oxygen atoms in total. The summed E-state index contributed by atoms with van der Waals surface area (Å²) in [7, 11) is 0. The molecular formula is C15H23N5O2. The Morgan fingerprint density at radius 2 is 2.23 bits per heavy atom. The zero-order valence-electron chi connectivity index (χ0n) is 12.8. The van der Waals surface area contributed by atoms with Crippen LogP contribution in [0.15, 0.2) is 18.2 Å². The van der Waals surface area contributed by atoms with E-state index in [1.54, 1.807) is 0 Å². The number of nitrogens with zero attached hydrogens (tertiary/aromatic N) is 2. The average Bonchev–Trinajstić information content (AvgIpc) is 2.54. The molecule has 1 fully saturated rings.